The van der Waals surface area contributed by atoms with E-state index < -0.39 is 0 Å². The van der Waals surface area contributed by atoms with E-state index in [1.807, 2.05) is 13.1 Å². The Hall–Kier alpha value is -2.82. The number of hydrogen-bond acceptors (Lipinski definition) is 2. The van der Waals surface area contributed by atoms with E-state index in [-0.39, 0.29) is 0 Å². The highest BCUT2D eigenvalue weighted by atomic mass is 15.2. The zero-order valence-electron chi connectivity index (χ0n) is 16.3. The first-order valence-corrected chi connectivity index (χ1v) is 9.68. The number of fused-ring (bicyclic) bond motifs is 1. The van der Waals surface area contributed by atoms with Crippen molar-refractivity contribution in [3.63, 3.8) is 0 Å². The van der Waals surface area contributed by atoms with E-state index in [4.69, 9.17) is 0 Å². The maximum absolute atomic E-state index is 4.62. The summed E-state index contributed by atoms with van der Waals surface area (Å²) in [5.41, 5.74) is 3.66. The molecule has 0 amide bonds. The smallest absolute Gasteiger partial charge is 0.190 e. The molecular formula is C22H29N5. The summed E-state index contributed by atoms with van der Waals surface area (Å²) in [7, 11) is 1.82. The molecule has 0 unspecified atom stereocenters. The number of aryl methyl sites for hydroxylation is 3. The Morgan fingerprint density at radius 2 is 1.67 bits per heavy atom. The van der Waals surface area contributed by atoms with Crippen molar-refractivity contribution in [2.24, 2.45) is 4.99 Å². The van der Waals surface area contributed by atoms with Crippen LogP contribution in [0.1, 0.15) is 24.2 Å². The van der Waals surface area contributed by atoms with Gasteiger partial charge in [0.2, 0.25) is 0 Å². The average Bonchev–Trinajstić information content (AvgIpc) is 3.02. The monoisotopic (exact) mass is 363 g/mol. The van der Waals surface area contributed by atoms with Gasteiger partial charge in [0.05, 0.1) is 11.0 Å². The number of aromatic nitrogens is 2. The van der Waals surface area contributed by atoms with Crippen molar-refractivity contribution in [3.8, 4) is 0 Å². The summed E-state index contributed by atoms with van der Waals surface area (Å²) in [5, 5.41) is 6.80. The number of rotatable bonds is 8. The summed E-state index contributed by atoms with van der Waals surface area (Å²) in [6.45, 7) is 4.81. The van der Waals surface area contributed by atoms with Crippen LogP contribution in [0.3, 0.4) is 0 Å². The van der Waals surface area contributed by atoms with Crippen molar-refractivity contribution in [3.05, 3.63) is 66.0 Å². The second-order valence-corrected chi connectivity index (χ2v) is 6.67. The van der Waals surface area contributed by atoms with Gasteiger partial charge in [-0.25, -0.2) is 4.98 Å². The number of nitrogens with zero attached hydrogens (tertiary/aromatic N) is 3. The Morgan fingerprint density at radius 3 is 2.44 bits per heavy atom. The zero-order chi connectivity index (χ0) is 18.9. The highest BCUT2D eigenvalue weighted by Gasteiger charge is 2.06. The van der Waals surface area contributed by atoms with E-state index in [1.165, 1.54) is 11.1 Å². The Kier molecular flexibility index (Phi) is 6.85. The van der Waals surface area contributed by atoms with Crippen molar-refractivity contribution in [2.45, 2.75) is 32.7 Å². The molecular weight excluding hydrogens is 334 g/mol. The third-order valence-electron chi connectivity index (χ3n) is 4.70. The molecule has 3 aromatic rings. The molecule has 0 aliphatic rings. The molecule has 27 heavy (non-hydrogen) atoms. The lowest BCUT2D eigenvalue weighted by Crippen LogP contribution is -2.38. The van der Waals surface area contributed by atoms with Gasteiger partial charge in [-0.05, 0) is 43.9 Å². The average molecular weight is 364 g/mol. The first-order valence-electron chi connectivity index (χ1n) is 9.68. The van der Waals surface area contributed by atoms with Crippen molar-refractivity contribution in [1.82, 2.24) is 20.2 Å². The number of para-hydroxylation sites is 2. The normalized spacial score (nSPS) is 11.7. The number of hydrogen-bond donors (Lipinski definition) is 2. The third kappa shape index (κ3) is 5.33. The van der Waals surface area contributed by atoms with Crippen molar-refractivity contribution in [2.75, 3.05) is 20.1 Å². The summed E-state index contributed by atoms with van der Waals surface area (Å²) < 4.78 is 2.28. The van der Waals surface area contributed by atoms with Gasteiger partial charge in [0, 0.05) is 26.7 Å². The van der Waals surface area contributed by atoms with Gasteiger partial charge >= 0.3 is 0 Å². The first kappa shape index (κ1) is 19.0. The lowest BCUT2D eigenvalue weighted by atomic mass is 10.1. The Labute approximate surface area is 161 Å². The SMILES string of the molecule is CN=C(NCCCc1ccccc1)NCCCn1c(C)nc2ccccc21. The molecule has 0 aliphatic carbocycles. The van der Waals surface area contributed by atoms with Gasteiger partial charge in [0.25, 0.3) is 0 Å². The molecule has 5 nitrogen and oxygen atoms in total. The third-order valence-corrected chi connectivity index (χ3v) is 4.70. The minimum Gasteiger partial charge on any atom is -0.356 e. The lowest BCUT2D eigenvalue weighted by Gasteiger charge is -2.12. The van der Waals surface area contributed by atoms with E-state index in [1.54, 1.807) is 0 Å². The predicted molar refractivity (Wildman–Crippen MR) is 113 cm³/mol. The molecule has 0 fully saturated rings. The van der Waals surface area contributed by atoms with Crippen LogP contribution in [-0.2, 0) is 13.0 Å². The number of nitrogens with one attached hydrogen (secondary N) is 2. The van der Waals surface area contributed by atoms with Crippen LogP contribution >= 0.6 is 0 Å². The second kappa shape index (κ2) is 9.76. The minimum absolute atomic E-state index is 0.871. The van der Waals surface area contributed by atoms with Crippen molar-refractivity contribution < 1.29 is 0 Å². The largest absolute Gasteiger partial charge is 0.356 e. The molecule has 3 rings (SSSR count). The first-order chi connectivity index (χ1) is 13.3. The summed E-state index contributed by atoms with van der Waals surface area (Å²) in [5.74, 6) is 1.94. The fourth-order valence-electron chi connectivity index (χ4n) is 3.29. The van der Waals surface area contributed by atoms with E-state index in [0.717, 1.165) is 56.2 Å². The zero-order valence-corrected chi connectivity index (χ0v) is 16.3. The molecule has 0 saturated carbocycles. The van der Waals surface area contributed by atoms with E-state index in [9.17, 15) is 0 Å². The number of benzene rings is 2. The molecule has 1 heterocycles. The molecule has 0 spiro atoms. The van der Waals surface area contributed by atoms with Gasteiger partial charge in [0.15, 0.2) is 5.96 Å². The van der Waals surface area contributed by atoms with Gasteiger partial charge in [-0.2, -0.15) is 0 Å². The van der Waals surface area contributed by atoms with Crippen molar-refractivity contribution in [1.29, 1.82) is 0 Å². The van der Waals surface area contributed by atoms with Crippen LogP contribution in [-0.4, -0.2) is 35.6 Å². The molecule has 5 heteroatoms. The van der Waals surface area contributed by atoms with E-state index in [2.05, 4.69) is 80.6 Å². The molecule has 1 aromatic heterocycles. The molecule has 0 aliphatic heterocycles. The van der Waals surface area contributed by atoms with Crippen LogP contribution < -0.4 is 10.6 Å². The maximum atomic E-state index is 4.62. The summed E-state index contributed by atoms with van der Waals surface area (Å²) in [6, 6.07) is 18.9. The topological polar surface area (TPSA) is 54.2 Å². The van der Waals surface area contributed by atoms with Crippen LogP contribution in [0.2, 0.25) is 0 Å². The van der Waals surface area contributed by atoms with Gasteiger partial charge in [-0.15, -0.1) is 0 Å². The van der Waals surface area contributed by atoms with E-state index in [0.29, 0.717) is 0 Å². The summed E-state index contributed by atoms with van der Waals surface area (Å²) >= 11 is 0. The summed E-state index contributed by atoms with van der Waals surface area (Å²) in [4.78, 5) is 8.93. The van der Waals surface area contributed by atoms with Gasteiger partial charge in [0.1, 0.15) is 5.82 Å². The Balaban J connectivity index is 1.37. The van der Waals surface area contributed by atoms with Gasteiger partial charge in [-0.1, -0.05) is 42.5 Å². The van der Waals surface area contributed by atoms with Crippen LogP contribution in [0.5, 0.6) is 0 Å². The molecule has 2 N–H and O–H groups in total. The molecule has 0 radical (unpaired) electrons. The molecule has 0 saturated heterocycles. The summed E-state index contributed by atoms with van der Waals surface area (Å²) in [6.07, 6.45) is 3.19. The van der Waals surface area contributed by atoms with Crippen molar-refractivity contribution >= 4 is 17.0 Å². The predicted octanol–water partition coefficient (Wildman–Crippen LogP) is 3.53. The second-order valence-electron chi connectivity index (χ2n) is 6.67. The highest BCUT2D eigenvalue weighted by molar-refractivity contribution is 5.79. The fourth-order valence-corrected chi connectivity index (χ4v) is 3.29. The number of aliphatic imine (C=N–C) groups is 1. The van der Waals surface area contributed by atoms with Crippen LogP contribution in [0.15, 0.2) is 59.6 Å². The van der Waals surface area contributed by atoms with E-state index >= 15 is 0 Å². The minimum atomic E-state index is 0.871. The number of imidazole rings is 1. The van der Waals surface area contributed by atoms with Gasteiger partial charge in [-0.3, -0.25) is 4.99 Å². The maximum Gasteiger partial charge on any atom is 0.190 e. The van der Waals surface area contributed by atoms with Crippen LogP contribution in [0, 0.1) is 6.92 Å². The Bertz CT molecular complexity index is 867. The standard InChI is InChI=1S/C22H29N5/c1-18-26-20-13-6-7-14-21(20)27(18)17-9-16-25-22(23-2)24-15-8-12-19-10-4-3-5-11-19/h3-7,10-11,13-14H,8-9,12,15-17H2,1-2H3,(H2,23,24,25). The quantitative estimate of drug-likeness (QED) is 0.366. The molecule has 0 bridgehead atoms. The van der Waals surface area contributed by atoms with Crippen LogP contribution in [0.25, 0.3) is 11.0 Å². The highest BCUT2D eigenvalue weighted by Crippen LogP contribution is 2.15. The Morgan fingerprint density at radius 1 is 0.963 bits per heavy atom. The van der Waals surface area contributed by atoms with Gasteiger partial charge < -0.3 is 15.2 Å². The number of guanidine groups is 1. The molecule has 0 atom stereocenters. The lowest BCUT2D eigenvalue weighted by molar-refractivity contribution is 0.623. The molecule has 2 aromatic carbocycles. The van der Waals surface area contributed by atoms with Crippen LogP contribution in [0.4, 0.5) is 0 Å². The molecule has 142 valence electrons. The fraction of sp³-hybridized carbons (Fsp3) is 0.364.